The van der Waals surface area contributed by atoms with E-state index in [0.717, 1.165) is 57.1 Å². The van der Waals surface area contributed by atoms with E-state index in [4.69, 9.17) is 14.2 Å². The van der Waals surface area contributed by atoms with Crippen molar-refractivity contribution in [2.45, 2.75) is 26.1 Å². The van der Waals surface area contributed by atoms with Crippen LogP contribution in [0.15, 0.2) is 24.3 Å². The highest BCUT2D eigenvalue weighted by molar-refractivity contribution is 5.80. The van der Waals surface area contributed by atoms with Crippen LogP contribution < -0.4 is 4.74 Å². The third kappa shape index (κ3) is 6.30. The van der Waals surface area contributed by atoms with Crippen LogP contribution in [0.2, 0.25) is 0 Å². The molecule has 0 unspecified atom stereocenters. The number of amides is 1. The molecule has 1 heterocycles. The molecule has 1 aromatic carbocycles. The summed E-state index contributed by atoms with van der Waals surface area (Å²) >= 11 is 0. The van der Waals surface area contributed by atoms with Gasteiger partial charge in [0.25, 0.3) is 5.91 Å². The van der Waals surface area contributed by atoms with Crippen LogP contribution in [0.25, 0.3) is 0 Å². The van der Waals surface area contributed by atoms with E-state index in [-0.39, 0.29) is 5.91 Å². The lowest BCUT2D eigenvalue weighted by Crippen LogP contribution is -2.41. The van der Waals surface area contributed by atoms with Crippen molar-refractivity contribution in [3.05, 3.63) is 29.8 Å². The van der Waals surface area contributed by atoms with Gasteiger partial charge in [0.2, 0.25) is 0 Å². The zero-order valence-electron chi connectivity index (χ0n) is 15.6. The molecule has 140 valence electrons. The van der Waals surface area contributed by atoms with E-state index in [1.807, 2.05) is 36.1 Å². The molecule has 6 heteroatoms. The lowest BCUT2D eigenvalue weighted by Gasteiger charge is -2.25. The van der Waals surface area contributed by atoms with E-state index in [2.05, 4.69) is 4.90 Å². The van der Waals surface area contributed by atoms with E-state index in [1.165, 1.54) is 0 Å². The largest absolute Gasteiger partial charge is 0.497 e. The van der Waals surface area contributed by atoms with Crippen LogP contribution in [0.1, 0.15) is 18.9 Å². The fourth-order valence-electron chi connectivity index (χ4n) is 2.95. The number of hydrogen-bond acceptors (Lipinski definition) is 5. The first-order valence-corrected chi connectivity index (χ1v) is 8.88. The van der Waals surface area contributed by atoms with Crippen molar-refractivity contribution in [2.24, 2.45) is 0 Å². The summed E-state index contributed by atoms with van der Waals surface area (Å²) in [6, 6.07) is 7.72. The predicted molar refractivity (Wildman–Crippen MR) is 96.8 cm³/mol. The van der Waals surface area contributed by atoms with Gasteiger partial charge in [-0.25, -0.2) is 0 Å². The fraction of sp³-hybridized carbons (Fsp3) is 0.632. The molecule has 1 atom stereocenters. The summed E-state index contributed by atoms with van der Waals surface area (Å²) < 4.78 is 16.1. The SMILES string of the molecule is COCCN1CCCN(C(=O)[C@@H](C)OCc2cccc(OC)c2)CC1. The van der Waals surface area contributed by atoms with Crippen molar-refractivity contribution < 1.29 is 19.0 Å². The minimum absolute atomic E-state index is 0.0662. The van der Waals surface area contributed by atoms with E-state index in [9.17, 15) is 4.79 Å². The monoisotopic (exact) mass is 350 g/mol. The molecule has 25 heavy (non-hydrogen) atoms. The second kappa shape index (κ2) is 10.4. The number of benzene rings is 1. The summed E-state index contributed by atoms with van der Waals surface area (Å²) in [5.41, 5.74) is 1.00. The molecule has 1 amide bonds. The Labute approximate surface area is 150 Å². The number of carbonyl (C=O) groups is 1. The Morgan fingerprint density at radius 3 is 2.80 bits per heavy atom. The Balaban J connectivity index is 1.80. The molecule has 1 aliphatic rings. The van der Waals surface area contributed by atoms with Crippen LogP contribution in [0.4, 0.5) is 0 Å². The molecular weight excluding hydrogens is 320 g/mol. The topological polar surface area (TPSA) is 51.2 Å². The van der Waals surface area contributed by atoms with Gasteiger partial charge in [0.15, 0.2) is 0 Å². The molecule has 6 nitrogen and oxygen atoms in total. The number of ether oxygens (including phenoxy) is 3. The maximum Gasteiger partial charge on any atom is 0.251 e. The van der Waals surface area contributed by atoms with Crippen LogP contribution in [-0.4, -0.2) is 75.4 Å². The minimum Gasteiger partial charge on any atom is -0.497 e. The summed E-state index contributed by atoms with van der Waals surface area (Å²) in [7, 11) is 3.36. The normalized spacial score (nSPS) is 17.2. The van der Waals surface area contributed by atoms with E-state index < -0.39 is 6.10 Å². The Morgan fingerprint density at radius 1 is 1.20 bits per heavy atom. The molecule has 0 N–H and O–H groups in total. The molecule has 1 aromatic rings. The average Bonchev–Trinajstić information content (AvgIpc) is 2.89. The Bertz CT molecular complexity index is 538. The first-order valence-electron chi connectivity index (χ1n) is 8.88. The fourth-order valence-corrected chi connectivity index (χ4v) is 2.95. The van der Waals surface area contributed by atoms with Crippen molar-refractivity contribution in [1.29, 1.82) is 0 Å². The molecule has 0 radical (unpaired) electrons. The number of carbonyl (C=O) groups excluding carboxylic acids is 1. The van der Waals surface area contributed by atoms with Crippen LogP contribution in [0.5, 0.6) is 5.75 Å². The van der Waals surface area contributed by atoms with Crippen LogP contribution >= 0.6 is 0 Å². The van der Waals surface area contributed by atoms with Gasteiger partial charge in [0.05, 0.1) is 20.3 Å². The molecule has 1 aliphatic heterocycles. The summed E-state index contributed by atoms with van der Waals surface area (Å²) in [5, 5.41) is 0. The van der Waals surface area contributed by atoms with Gasteiger partial charge in [0, 0.05) is 33.3 Å². The molecule has 0 aliphatic carbocycles. The number of hydrogen-bond donors (Lipinski definition) is 0. The van der Waals surface area contributed by atoms with Gasteiger partial charge in [-0.3, -0.25) is 9.69 Å². The van der Waals surface area contributed by atoms with E-state index >= 15 is 0 Å². The quantitative estimate of drug-likeness (QED) is 0.715. The Morgan fingerprint density at radius 2 is 2.04 bits per heavy atom. The molecule has 0 bridgehead atoms. The van der Waals surface area contributed by atoms with Crippen LogP contribution in [0, 0.1) is 0 Å². The second-order valence-corrected chi connectivity index (χ2v) is 6.32. The van der Waals surface area contributed by atoms with Gasteiger partial charge in [0.1, 0.15) is 11.9 Å². The molecular formula is C19H30N2O4. The maximum atomic E-state index is 12.6. The zero-order valence-corrected chi connectivity index (χ0v) is 15.6. The predicted octanol–water partition coefficient (Wildman–Crippen LogP) is 1.78. The van der Waals surface area contributed by atoms with Gasteiger partial charge < -0.3 is 19.1 Å². The third-order valence-corrected chi connectivity index (χ3v) is 4.49. The summed E-state index contributed by atoms with van der Waals surface area (Å²) in [5.74, 6) is 0.861. The molecule has 1 fully saturated rings. The van der Waals surface area contributed by atoms with Crippen LogP contribution in [-0.2, 0) is 20.9 Å². The summed E-state index contributed by atoms with van der Waals surface area (Å²) in [4.78, 5) is 16.9. The Hall–Kier alpha value is -1.63. The van der Waals surface area contributed by atoms with Crippen molar-refractivity contribution in [3.63, 3.8) is 0 Å². The van der Waals surface area contributed by atoms with E-state index in [1.54, 1.807) is 14.2 Å². The van der Waals surface area contributed by atoms with Crippen molar-refractivity contribution in [3.8, 4) is 5.75 Å². The standard InChI is InChI=1S/C19H30N2O4/c1-16(25-15-17-6-4-7-18(14-17)24-3)19(22)21-9-5-8-20(10-11-21)12-13-23-2/h4,6-7,14,16H,5,8-13,15H2,1-3H3/t16-/m1/s1. The minimum atomic E-state index is -0.447. The third-order valence-electron chi connectivity index (χ3n) is 4.49. The maximum absolute atomic E-state index is 12.6. The van der Waals surface area contributed by atoms with Crippen molar-refractivity contribution >= 4 is 5.91 Å². The van der Waals surface area contributed by atoms with Gasteiger partial charge >= 0.3 is 0 Å². The summed E-state index contributed by atoms with van der Waals surface area (Å²) in [6.07, 6.45) is 0.537. The first-order chi connectivity index (χ1) is 12.1. The molecule has 1 saturated heterocycles. The highest BCUT2D eigenvalue weighted by atomic mass is 16.5. The number of nitrogens with zero attached hydrogens (tertiary/aromatic N) is 2. The highest BCUT2D eigenvalue weighted by Gasteiger charge is 2.23. The lowest BCUT2D eigenvalue weighted by molar-refractivity contribution is -0.143. The van der Waals surface area contributed by atoms with Crippen molar-refractivity contribution in [2.75, 3.05) is 53.6 Å². The molecule has 2 rings (SSSR count). The lowest BCUT2D eigenvalue weighted by atomic mass is 10.2. The van der Waals surface area contributed by atoms with Crippen LogP contribution in [0.3, 0.4) is 0 Å². The second-order valence-electron chi connectivity index (χ2n) is 6.32. The summed E-state index contributed by atoms with van der Waals surface area (Å²) in [6.45, 7) is 7.30. The smallest absolute Gasteiger partial charge is 0.251 e. The van der Waals surface area contributed by atoms with E-state index in [0.29, 0.717) is 6.61 Å². The van der Waals surface area contributed by atoms with Gasteiger partial charge in [-0.1, -0.05) is 12.1 Å². The van der Waals surface area contributed by atoms with Gasteiger partial charge in [-0.2, -0.15) is 0 Å². The van der Waals surface area contributed by atoms with Gasteiger partial charge in [-0.05, 0) is 37.6 Å². The molecule has 0 spiro atoms. The van der Waals surface area contributed by atoms with Gasteiger partial charge in [-0.15, -0.1) is 0 Å². The number of rotatable bonds is 8. The van der Waals surface area contributed by atoms with Crippen molar-refractivity contribution in [1.82, 2.24) is 9.80 Å². The first kappa shape index (κ1) is 19.7. The average molecular weight is 350 g/mol. The zero-order chi connectivity index (χ0) is 18.1. The molecule has 0 aromatic heterocycles. The number of methoxy groups -OCH3 is 2. The molecule has 0 saturated carbocycles. The Kier molecular flexibility index (Phi) is 8.18. The highest BCUT2D eigenvalue weighted by Crippen LogP contribution is 2.14.